The molecule has 0 heterocycles. The number of halogens is 4. The molecular weight excluding hydrogens is 394 g/mol. The number of rotatable bonds is 3. The second-order valence-corrected chi connectivity index (χ2v) is 8.14. The molecule has 1 amide bonds. The Morgan fingerprint density at radius 1 is 1.38 bits per heavy atom. The zero-order chi connectivity index (χ0) is 16.1. The molecule has 1 unspecified atom stereocenters. The second kappa shape index (κ2) is 5.28. The second-order valence-electron chi connectivity index (χ2n) is 6.75. The smallest absolute Gasteiger partial charge is 0.338 e. The number of amides is 1. The Hall–Kier alpha value is -0.530. The summed E-state index contributed by atoms with van der Waals surface area (Å²) in [6, 6.07) is 0. The molecule has 0 saturated heterocycles. The minimum Gasteiger partial charge on any atom is -0.338 e. The molecule has 1 saturated carbocycles. The molecule has 1 N–H and O–H groups in total. The summed E-state index contributed by atoms with van der Waals surface area (Å²) in [6.45, 7) is 4.11. The van der Waals surface area contributed by atoms with Crippen LogP contribution in [0.1, 0.15) is 40.0 Å². The highest BCUT2D eigenvalue weighted by atomic mass is 127. The fourth-order valence-electron chi connectivity index (χ4n) is 2.35. The highest BCUT2D eigenvalue weighted by molar-refractivity contribution is 14.1. The first-order valence-corrected chi connectivity index (χ1v) is 8.00. The van der Waals surface area contributed by atoms with Gasteiger partial charge in [0.2, 0.25) is 0 Å². The van der Waals surface area contributed by atoms with Crippen LogP contribution in [0.5, 0.6) is 0 Å². The quantitative estimate of drug-likeness (QED) is 0.678. The molecule has 2 aliphatic rings. The van der Waals surface area contributed by atoms with E-state index in [0.717, 1.165) is 36.7 Å². The standard InChI is InChI=1S/C15H19F3INO/c1-13(2,15(16,17)18)20-12(21)9-6-10(8-11(19)7-9)14(3)4-5-14/h6-7,10H,4-5,8H2,1-3H3,(H,20,21). The molecule has 0 bridgehead atoms. The van der Waals surface area contributed by atoms with Gasteiger partial charge < -0.3 is 5.32 Å². The Bertz CT molecular complexity index is 516. The van der Waals surface area contributed by atoms with Crippen LogP contribution in [-0.4, -0.2) is 17.6 Å². The van der Waals surface area contributed by atoms with Gasteiger partial charge in [0.15, 0.2) is 0 Å². The molecule has 0 aromatic rings. The van der Waals surface area contributed by atoms with Crippen LogP contribution < -0.4 is 5.32 Å². The molecule has 2 aliphatic carbocycles. The number of nitrogens with one attached hydrogen (secondary N) is 1. The summed E-state index contributed by atoms with van der Waals surface area (Å²) in [5, 5.41) is 2.10. The van der Waals surface area contributed by atoms with Crippen molar-refractivity contribution in [2.75, 3.05) is 0 Å². The van der Waals surface area contributed by atoms with Crippen molar-refractivity contribution in [3.8, 4) is 0 Å². The molecular formula is C15H19F3INO. The van der Waals surface area contributed by atoms with E-state index in [4.69, 9.17) is 0 Å². The van der Waals surface area contributed by atoms with E-state index >= 15 is 0 Å². The summed E-state index contributed by atoms with van der Waals surface area (Å²) in [5.41, 5.74) is -1.68. The van der Waals surface area contributed by atoms with Gasteiger partial charge in [-0.15, -0.1) is 0 Å². The molecule has 2 nitrogen and oxygen atoms in total. The molecule has 1 fully saturated rings. The zero-order valence-electron chi connectivity index (χ0n) is 12.3. The van der Waals surface area contributed by atoms with Gasteiger partial charge >= 0.3 is 6.18 Å². The largest absolute Gasteiger partial charge is 0.410 e. The summed E-state index contributed by atoms with van der Waals surface area (Å²) in [4.78, 5) is 12.2. The van der Waals surface area contributed by atoms with E-state index in [1.165, 1.54) is 0 Å². The van der Waals surface area contributed by atoms with Crippen molar-refractivity contribution in [3.05, 3.63) is 21.3 Å². The molecule has 0 aromatic heterocycles. The summed E-state index contributed by atoms with van der Waals surface area (Å²) in [5.74, 6) is -0.412. The van der Waals surface area contributed by atoms with Gasteiger partial charge in [0.25, 0.3) is 5.91 Å². The lowest BCUT2D eigenvalue weighted by Gasteiger charge is -2.30. The van der Waals surface area contributed by atoms with Gasteiger partial charge in [-0.3, -0.25) is 4.79 Å². The number of hydrogen-bond acceptors (Lipinski definition) is 1. The van der Waals surface area contributed by atoms with Crippen LogP contribution >= 0.6 is 22.6 Å². The lowest BCUT2D eigenvalue weighted by Crippen LogP contribution is -2.54. The highest BCUT2D eigenvalue weighted by Gasteiger charge is 2.49. The monoisotopic (exact) mass is 413 g/mol. The molecule has 2 rings (SSSR count). The lowest BCUT2D eigenvalue weighted by atomic mass is 9.83. The lowest BCUT2D eigenvalue weighted by molar-refractivity contribution is -0.187. The zero-order valence-corrected chi connectivity index (χ0v) is 14.4. The number of allylic oxidation sites excluding steroid dienone is 2. The minimum absolute atomic E-state index is 0.204. The Kier molecular flexibility index (Phi) is 4.23. The predicted octanol–water partition coefficient (Wildman–Crippen LogP) is 4.51. The summed E-state index contributed by atoms with van der Waals surface area (Å²) < 4.78 is 39.6. The number of hydrogen-bond donors (Lipinski definition) is 1. The first-order valence-electron chi connectivity index (χ1n) is 6.92. The number of carbonyl (C=O) groups is 1. The van der Waals surface area contributed by atoms with Gasteiger partial charge in [0.1, 0.15) is 5.54 Å². The average Bonchev–Trinajstić information content (AvgIpc) is 3.06. The van der Waals surface area contributed by atoms with Crippen LogP contribution in [-0.2, 0) is 4.79 Å². The van der Waals surface area contributed by atoms with Crippen molar-refractivity contribution in [1.82, 2.24) is 5.32 Å². The van der Waals surface area contributed by atoms with Gasteiger partial charge in [0.05, 0.1) is 0 Å². The molecule has 1 atom stereocenters. The normalized spacial score (nSPS) is 25.0. The molecule has 6 heteroatoms. The van der Waals surface area contributed by atoms with Gasteiger partial charge in [-0.25, -0.2) is 0 Å². The molecule has 0 aromatic carbocycles. The van der Waals surface area contributed by atoms with E-state index in [0.29, 0.717) is 5.57 Å². The van der Waals surface area contributed by atoms with E-state index in [1.54, 1.807) is 6.08 Å². The highest BCUT2D eigenvalue weighted by Crippen LogP contribution is 2.55. The summed E-state index contributed by atoms with van der Waals surface area (Å²) in [6.07, 6.45) is 2.15. The SMILES string of the molecule is CC1(C2C=C(C(=O)NC(C)(C)C(F)(F)F)C=C(I)C2)CC1. The Morgan fingerprint density at radius 3 is 2.43 bits per heavy atom. The maximum Gasteiger partial charge on any atom is 0.410 e. The van der Waals surface area contributed by atoms with Crippen molar-refractivity contribution in [3.63, 3.8) is 0 Å². The number of alkyl halides is 3. The van der Waals surface area contributed by atoms with E-state index in [1.807, 2.05) is 6.08 Å². The molecule has 0 spiro atoms. The van der Waals surface area contributed by atoms with E-state index < -0.39 is 17.6 Å². The van der Waals surface area contributed by atoms with Gasteiger partial charge in [-0.1, -0.05) is 13.0 Å². The van der Waals surface area contributed by atoms with Crippen molar-refractivity contribution >= 4 is 28.5 Å². The Labute approximate surface area is 136 Å². The third kappa shape index (κ3) is 3.63. The van der Waals surface area contributed by atoms with Gasteiger partial charge in [-0.2, -0.15) is 13.2 Å². The number of carbonyl (C=O) groups excluding carboxylic acids is 1. The first-order chi connectivity index (χ1) is 9.45. The fourth-order valence-corrected chi connectivity index (χ4v) is 3.16. The van der Waals surface area contributed by atoms with Crippen LogP contribution in [0.3, 0.4) is 0 Å². The average molecular weight is 413 g/mol. The summed E-state index contributed by atoms with van der Waals surface area (Å²) >= 11 is 2.16. The third-order valence-electron chi connectivity index (χ3n) is 4.44. The van der Waals surface area contributed by atoms with Crippen molar-refractivity contribution in [2.24, 2.45) is 11.3 Å². The van der Waals surface area contributed by atoms with E-state index in [9.17, 15) is 18.0 Å². The van der Waals surface area contributed by atoms with Crippen molar-refractivity contribution in [1.29, 1.82) is 0 Å². The Morgan fingerprint density at radius 2 is 1.95 bits per heavy atom. The van der Waals surface area contributed by atoms with Crippen molar-refractivity contribution < 1.29 is 18.0 Å². The summed E-state index contributed by atoms with van der Waals surface area (Å²) in [7, 11) is 0. The fraction of sp³-hybridized carbons (Fsp3) is 0.667. The van der Waals surface area contributed by atoms with Crippen LogP contribution in [0.4, 0.5) is 13.2 Å². The third-order valence-corrected chi connectivity index (χ3v) is 5.19. The van der Waals surface area contributed by atoms with Crippen LogP contribution in [0.15, 0.2) is 21.3 Å². The van der Waals surface area contributed by atoms with E-state index in [2.05, 4.69) is 34.8 Å². The van der Waals surface area contributed by atoms with E-state index in [-0.39, 0.29) is 11.3 Å². The maximum absolute atomic E-state index is 12.9. The van der Waals surface area contributed by atoms with Crippen LogP contribution in [0.25, 0.3) is 0 Å². The first kappa shape index (κ1) is 16.8. The van der Waals surface area contributed by atoms with Crippen LogP contribution in [0, 0.1) is 11.3 Å². The predicted molar refractivity (Wildman–Crippen MR) is 83.9 cm³/mol. The molecule has 21 heavy (non-hydrogen) atoms. The topological polar surface area (TPSA) is 29.1 Å². The van der Waals surface area contributed by atoms with Crippen molar-refractivity contribution in [2.45, 2.75) is 51.7 Å². The molecule has 0 radical (unpaired) electrons. The minimum atomic E-state index is -4.48. The molecule has 118 valence electrons. The molecule has 0 aliphatic heterocycles. The van der Waals surface area contributed by atoms with Gasteiger partial charge in [-0.05, 0) is 76.7 Å². The van der Waals surface area contributed by atoms with Crippen LogP contribution in [0.2, 0.25) is 0 Å². The van der Waals surface area contributed by atoms with Gasteiger partial charge in [0, 0.05) is 5.57 Å². The Balaban J connectivity index is 2.16. The maximum atomic E-state index is 12.9.